The Kier molecular flexibility index (Phi) is 4.14. The van der Waals surface area contributed by atoms with Crippen LogP contribution in [0.25, 0.3) is 0 Å². The summed E-state index contributed by atoms with van der Waals surface area (Å²) in [4.78, 5) is 14.9. The number of anilines is 1. The second kappa shape index (κ2) is 5.59. The number of oxime groups is 1. The molecule has 0 atom stereocenters. The smallest absolute Gasteiger partial charge is 0.341 e. The third-order valence-corrected chi connectivity index (χ3v) is 1.68. The Hall–Kier alpha value is -2.24. The summed E-state index contributed by atoms with van der Waals surface area (Å²) >= 11 is 0. The monoisotopic (exact) mass is 224 g/mol. The van der Waals surface area contributed by atoms with Gasteiger partial charge in [-0.2, -0.15) is 0 Å². The second-order valence-corrected chi connectivity index (χ2v) is 2.90. The summed E-state index contributed by atoms with van der Waals surface area (Å²) in [6.45, 7) is -0.419. The Morgan fingerprint density at radius 2 is 2.38 bits per heavy atom. The first kappa shape index (κ1) is 11.8. The van der Waals surface area contributed by atoms with Crippen LogP contribution in [0.4, 0.5) is 5.69 Å². The van der Waals surface area contributed by atoms with E-state index in [4.69, 9.17) is 15.6 Å². The zero-order chi connectivity index (χ0) is 12.0. The fourth-order valence-electron chi connectivity index (χ4n) is 1.05. The third-order valence-electron chi connectivity index (χ3n) is 1.68. The van der Waals surface area contributed by atoms with Gasteiger partial charge in [-0.1, -0.05) is 5.16 Å². The van der Waals surface area contributed by atoms with Gasteiger partial charge >= 0.3 is 5.97 Å². The molecule has 0 saturated carbocycles. The number of rotatable bonds is 5. The molecule has 86 valence electrons. The van der Waals surface area contributed by atoms with E-state index in [1.807, 2.05) is 0 Å². The van der Waals surface area contributed by atoms with Crippen molar-refractivity contribution in [3.63, 3.8) is 0 Å². The van der Waals surface area contributed by atoms with E-state index < -0.39 is 12.6 Å². The van der Waals surface area contributed by atoms with E-state index >= 15 is 0 Å². The van der Waals surface area contributed by atoms with Crippen molar-refractivity contribution in [3.8, 4) is 5.75 Å². The van der Waals surface area contributed by atoms with E-state index in [0.29, 0.717) is 17.0 Å². The molecule has 0 spiro atoms. The maximum Gasteiger partial charge on any atom is 0.341 e. The molecule has 6 heteroatoms. The molecule has 0 unspecified atom stereocenters. The topological polar surface area (TPSA) is 94.1 Å². The number of ether oxygens (including phenoxy) is 1. The van der Waals surface area contributed by atoms with Crippen LogP contribution < -0.4 is 10.5 Å². The predicted molar refractivity (Wildman–Crippen MR) is 58.6 cm³/mol. The average Bonchev–Trinajstić information content (AvgIpc) is 2.24. The molecule has 0 heterocycles. The summed E-state index contributed by atoms with van der Waals surface area (Å²) in [6.07, 6.45) is 1.40. The quantitative estimate of drug-likeness (QED) is 0.436. The average molecular weight is 224 g/mol. The van der Waals surface area contributed by atoms with E-state index in [1.165, 1.54) is 13.3 Å². The highest BCUT2D eigenvalue weighted by Gasteiger charge is 2.05. The van der Waals surface area contributed by atoms with E-state index in [9.17, 15) is 4.79 Å². The summed E-state index contributed by atoms with van der Waals surface area (Å²) < 4.78 is 5.05. The minimum atomic E-state index is -1.05. The molecule has 6 nitrogen and oxygen atoms in total. The van der Waals surface area contributed by atoms with E-state index in [0.717, 1.165) is 0 Å². The standard InChI is InChI=1S/C10H12N2O4/c1-15-12-5-7-4-8(11)2-3-9(7)16-6-10(13)14/h2-5H,6,11H2,1H3,(H,13,14). The number of nitrogen functional groups attached to an aromatic ring is 1. The highest BCUT2D eigenvalue weighted by Crippen LogP contribution is 2.19. The first-order chi connectivity index (χ1) is 7.63. The molecule has 0 aliphatic rings. The molecule has 1 aromatic carbocycles. The molecule has 0 aromatic heterocycles. The van der Waals surface area contributed by atoms with Crippen molar-refractivity contribution in [2.75, 3.05) is 19.5 Å². The van der Waals surface area contributed by atoms with Crippen molar-refractivity contribution >= 4 is 17.9 Å². The van der Waals surface area contributed by atoms with Crippen molar-refractivity contribution in [2.45, 2.75) is 0 Å². The van der Waals surface area contributed by atoms with Gasteiger partial charge in [-0.3, -0.25) is 0 Å². The molecule has 16 heavy (non-hydrogen) atoms. The maximum atomic E-state index is 10.4. The number of hydrogen-bond acceptors (Lipinski definition) is 5. The van der Waals surface area contributed by atoms with Gasteiger partial charge in [-0.15, -0.1) is 0 Å². The van der Waals surface area contributed by atoms with Crippen molar-refractivity contribution in [1.29, 1.82) is 0 Å². The Balaban J connectivity index is 2.88. The van der Waals surface area contributed by atoms with Crippen molar-refractivity contribution < 1.29 is 19.5 Å². The zero-order valence-corrected chi connectivity index (χ0v) is 8.71. The van der Waals surface area contributed by atoms with Crippen LogP contribution in [0.3, 0.4) is 0 Å². The lowest BCUT2D eigenvalue weighted by Gasteiger charge is -2.07. The van der Waals surface area contributed by atoms with Crippen LogP contribution >= 0.6 is 0 Å². The van der Waals surface area contributed by atoms with Gasteiger partial charge in [-0.05, 0) is 18.2 Å². The number of hydrogen-bond donors (Lipinski definition) is 2. The number of aliphatic carboxylic acids is 1. The van der Waals surface area contributed by atoms with E-state index in [1.54, 1.807) is 18.2 Å². The van der Waals surface area contributed by atoms with Gasteiger partial charge in [0.05, 0.1) is 6.21 Å². The SMILES string of the molecule is CON=Cc1cc(N)ccc1OCC(=O)O. The number of nitrogens with zero attached hydrogens (tertiary/aromatic N) is 1. The highest BCUT2D eigenvalue weighted by atomic mass is 16.6. The number of nitrogens with two attached hydrogens (primary N) is 1. The normalized spacial score (nSPS) is 10.3. The van der Waals surface area contributed by atoms with Crippen molar-refractivity contribution in [2.24, 2.45) is 5.16 Å². The van der Waals surface area contributed by atoms with Crippen LogP contribution in [0.15, 0.2) is 23.4 Å². The van der Waals surface area contributed by atoms with Crippen LogP contribution in [0.5, 0.6) is 5.75 Å². The lowest BCUT2D eigenvalue weighted by molar-refractivity contribution is -0.139. The van der Waals surface area contributed by atoms with Gasteiger partial charge in [0.1, 0.15) is 12.9 Å². The molecule has 1 aromatic rings. The number of carboxylic acid groups (broad SMARTS) is 1. The lowest BCUT2D eigenvalue weighted by atomic mass is 10.2. The largest absolute Gasteiger partial charge is 0.481 e. The molecule has 0 radical (unpaired) electrons. The fraction of sp³-hybridized carbons (Fsp3) is 0.200. The first-order valence-electron chi connectivity index (χ1n) is 4.44. The van der Waals surface area contributed by atoms with E-state index in [2.05, 4.69) is 9.99 Å². The summed E-state index contributed by atoms with van der Waals surface area (Å²) in [5.74, 6) is -0.663. The van der Waals surface area contributed by atoms with Crippen molar-refractivity contribution in [3.05, 3.63) is 23.8 Å². The Labute approximate surface area is 92.3 Å². The Morgan fingerprint density at radius 3 is 3.00 bits per heavy atom. The molecule has 0 aliphatic carbocycles. The van der Waals surface area contributed by atoms with Gasteiger partial charge < -0.3 is 20.4 Å². The molecule has 0 amide bonds. The van der Waals surface area contributed by atoms with Crippen molar-refractivity contribution in [1.82, 2.24) is 0 Å². The van der Waals surface area contributed by atoms with Gasteiger partial charge in [0.15, 0.2) is 6.61 Å². The minimum absolute atomic E-state index is 0.386. The van der Waals surface area contributed by atoms with Crippen LogP contribution in [-0.2, 0) is 9.63 Å². The number of benzene rings is 1. The molecule has 0 bridgehead atoms. The third kappa shape index (κ3) is 3.49. The summed E-state index contributed by atoms with van der Waals surface area (Å²) in [5, 5.41) is 12.1. The van der Waals surface area contributed by atoms with Crippen LogP contribution in [0.2, 0.25) is 0 Å². The molecular weight excluding hydrogens is 212 g/mol. The summed E-state index contributed by atoms with van der Waals surface area (Å²) in [5.41, 5.74) is 6.67. The second-order valence-electron chi connectivity index (χ2n) is 2.90. The van der Waals surface area contributed by atoms with Crippen LogP contribution in [-0.4, -0.2) is 31.0 Å². The first-order valence-corrected chi connectivity index (χ1v) is 4.44. The fourth-order valence-corrected chi connectivity index (χ4v) is 1.05. The number of carboxylic acids is 1. The Bertz CT molecular complexity index is 404. The molecule has 0 saturated heterocycles. The van der Waals surface area contributed by atoms with Crippen LogP contribution in [0, 0.1) is 0 Å². The molecule has 0 fully saturated rings. The molecule has 0 aliphatic heterocycles. The molecule has 1 rings (SSSR count). The zero-order valence-electron chi connectivity index (χ0n) is 8.71. The van der Waals surface area contributed by atoms with Crippen LogP contribution in [0.1, 0.15) is 5.56 Å². The van der Waals surface area contributed by atoms with Gasteiger partial charge in [0, 0.05) is 11.3 Å². The van der Waals surface area contributed by atoms with Gasteiger partial charge in [-0.25, -0.2) is 4.79 Å². The van der Waals surface area contributed by atoms with Gasteiger partial charge in [0.2, 0.25) is 0 Å². The predicted octanol–water partition coefficient (Wildman–Crippen LogP) is 0.713. The maximum absolute atomic E-state index is 10.4. The molecular formula is C10H12N2O4. The summed E-state index contributed by atoms with van der Waals surface area (Å²) in [7, 11) is 1.40. The minimum Gasteiger partial charge on any atom is -0.481 e. The Morgan fingerprint density at radius 1 is 1.62 bits per heavy atom. The van der Waals surface area contributed by atoms with E-state index in [-0.39, 0.29) is 0 Å². The molecule has 3 N–H and O–H groups in total. The highest BCUT2D eigenvalue weighted by molar-refractivity contribution is 5.85. The lowest BCUT2D eigenvalue weighted by Crippen LogP contribution is -2.10. The van der Waals surface area contributed by atoms with Gasteiger partial charge in [0.25, 0.3) is 0 Å². The number of carbonyl (C=O) groups is 1. The summed E-state index contributed by atoms with van der Waals surface area (Å²) in [6, 6.07) is 4.80.